The highest BCUT2D eigenvalue weighted by molar-refractivity contribution is 5.43. The van der Waals surface area contributed by atoms with Crippen LogP contribution in [0.15, 0.2) is 48.5 Å². The monoisotopic (exact) mass is 308 g/mol. The summed E-state index contributed by atoms with van der Waals surface area (Å²) in [6.45, 7) is 4.82. The molecule has 2 aromatic carbocycles. The van der Waals surface area contributed by atoms with E-state index >= 15 is 0 Å². The van der Waals surface area contributed by atoms with Crippen molar-refractivity contribution in [2.24, 2.45) is 11.3 Å². The standard InChI is InChI=1S/C21H24O2/c1-21(2)13-12-17-19(21)16-6-4-5-7-18(16)23-20(17)14-8-10-15(22-3)11-9-14/h4-11,17,19-20H,12-13H2,1-3H3/t17-,19-,20+/m0/s1. The number of hydrogen-bond donors (Lipinski definition) is 0. The van der Waals surface area contributed by atoms with Crippen LogP contribution in [0.4, 0.5) is 0 Å². The number of para-hydroxylation sites is 1. The average Bonchev–Trinajstić information content (AvgIpc) is 2.90. The molecule has 2 aromatic rings. The lowest BCUT2D eigenvalue weighted by Gasteiger charge is -2.41. The molecule has 0 amide bonds. The molecule has 1 fully saturated rings. The first-order valence-corrected chi connectivity index (χ1v) is 8.50. The van der Waals surface area contributed by atoms with Crippen molar-refractivity contribution >= 4 is 0 Å². The van der Waals surface area contributed by atoms with Crippen molar-refractivity contribution in [2.75, 3.05) is 7.11 Å². The molecule has 2 heteroatoms. The van der Waals surface area contributed by atoms with Gasteiger partial charge >= 0.3 is 0 Å². The van der Waals surface area contributed by atoms with Gasteiger partial charge in [0.15, 0.2) is 0 Å². The van der Waals surface area contributed by atoms with Crippen LogP contribution in [-0.4, -0.2) is 7.11 Å². The van der Waals surface area contributed by atoms with Gasteiger partial charge in [-0.3, -0.25) is 0 Å². The molecule has 3 atom stereocenters. The number of rotatable bonds is 2. The number of fused-ring (bicyclic) bond motifs is 3. The summed E-state index contributed by atoms with van der Waals surface area (Å²) in [5.74, 6) is 3.07. The number of methoxy groups -OCH3 is 1. The maximum Gasteiger partial charge on any atom is 0.127 e. The molecule has 1 aliphatic heterocycles. The van der Waals surface area contributed by atoms with Gasteiger partial charge in [0, 0.05) is 5.92 Å². The highest BCUT2D eigenvalue weighted by Crippen LogP contribution is 2.61. The van der Waals surface area contributed by atoms with Gasteiger partial charge in [-0.25, -0.2) is 0 Å². The molecule has 2 nitrogen and oxygen atoms in total. The quantitative estimate of drug-likeness (QED) is 0.744. The lowest BCUT2D eigenvalue weighted by Crippen LogP contribution is -2.31. The molecule has 0 N–H and O–H groups in total. The van der Waals surface area contributed by atoms with E-state index in [1.807, 2.05) is 12.1 Å². The molecule has 0 unspecified atom stereocenters. The fourth-order valence-electron chi connectivity index (χ4n) is 4.60. The largest absolute Gasteiger partial charge is 0.497 e. The van der Waals surface area contributed by atoms with Crippen LogP contribution >= 0.6 is 0 Å². The van der Waals surface area contributed by atoms with Crippen molar-refractivity contribution in [3.05, 3.63) is 59.7 Å². The van der Waals surface area contributed by atoms with Gasteiger partial charge in [0.25, 0.3) is 0 Å². The first kappa shape index (κ1) is 14.6. The predicted molar refractivity (Wildman–Crippen MR) is 92.1 cm³/mol. The minimum Gasteiger partial charge on any atom is -0.497 e. The van der Waals surface area contributed by atoms with E-state index in [4.69, 9.17) is 9.47 Å². The Bertz CT molecular complexity index is 702. The second-order valence-corrected chi connectivity index (χ2v) is 7.52. The van der Waals surface area contributed by atoms with E-state index in [0.29, 0.717) is 17.3 Å². The molecule has 2 aliphatic rings. The van der Waals surface area contributed by atoms with Crippen LogP contribution in [0.25, 0.3) is 0 Å². The normalized spacial score (nSPS) is 27.7. The fourth-order valence-corrected chi connectivity index (χ4v) is 4.60. The second kappa shape index (κ2) is 5.30. The van der Waals surface area contributed by atoms with Gasteiger partial charge in [-0.05, 0) is 53.5 Å². The summed E-state index contributed by atoms with van der Waals surface area (Å²) >= 11 is 0. The highest BCUT2D eigenvalue weighted by Gasteiger charge is 2.50. The van der Waals surface area contributed by atoms with Gasteiger partial charge in [-0.15, -0.1) is 0 Å². The second-order valence-electron chi connectivity index (χ2n) is 7.52. The minimum atomic E-state index is 0.141. The smallest absolute Gasteiger partial charge is 0.127 e. The molecule has 0 spiro atoms. The topological polar surface area (TPSA) is 18.5 Å². The fraction of sp³-hybridized carbons (Fsp3) is 0.429. The van der Waals surface area contributed by atoms with E-state index in [2.05, 4.69) is 50.2 Å². The first-order valence-electron chi connectivity index (χ1n) is 8.50. The summed E-state index contributed by atoms with van der Waals surface area (Å²) in [6.07, 6.45) is 2.62. The summed E-state index contributed by atoms with van der Waals surface area (Å²) < 4.78 is 11.7. The Morgan fingerprint density at radius 1 is 1.04 bits per heavy atom. The Morgan fingerprint density at radius 3 is 2.52 bits per heavy atom. The zero-order valence-electron chi connectivity index (χ0n) is 14.1. The van der Waals surface area contributed by atoms with Gasteiger partial charge in [0.05, 0.1) is 7.11 Å². The molecule has 4 rings (SSSR count). The SMILES string of the molecule is COc1ccc([C@H]2Oc3ccccc3[C@H]3[C@@H]2CCC3(C)C)cc1. The van der Waals surface area contributed by atoms with E-state index in [1.54, 1.807) is 7.11 Å². The molecule has 1 aliphatic carbocycles. The molecule has 1 heterocycles. The average molecular weight is 308 g/mol. The van der Waals surface area contributed by atoms with Crippen LogP contribution in [0.5, 0.6) is 11.5 Å². The van der Waals surface area contributed by atoms with Gasteiger partial charge < -0.3 is 9.47 Å². The Balaban J connectivity index is 1.77. The lowest BCUT2D eigenvalue weighted by molar-refractivity contribution is 0.0872. The van der Waals surface area contributed by atoms with E-state index < -0.39 is 0 Å². The molecule has 0 bridgehead atoms. The van der Waals surface area contributed by atoms with E-state index in [9.17, 15) is 0 Å². The van der Waals surface area contributed by atoms with Crippen molar-refractivity contribution in [1.82, 2.24) is 0 Å². The van der Waals surface area contributed by atoms with Crippen LogP contribution in [-0.2, 0) is 0 Å². The highest BCUT2D eigenvalue weighted by atomic mass is 16.5. The lowest BCUT2D eigenvalue weighted by atomic mass is 9.71. The third-order valence-corrected chi connectivity index (χ3v) is 5.73. The van der Waals surface area contributed by atoms with Crippen LogP contribution in [0, 0.1) is 11.3 Å². The van der Waals surface area contributed by atoms with Crippen LogP contribution in [0.2, 0.25) is 0 Å². The van der Waals surface area contributed by atoms with Crippen LogP contribution in [0.3, 0.4) is 0 Å². The molecule has 23 heavy (non-hydrogen) atoms. The van der Waals surface area contributed by atoms with Crippen molar-refractivity contribution in [2.45, 2.75) is 38.7 Å². The number of hydrogen-bond acceptors (Lipinski definition) is 2. The zero-order chi connectivity index (χ0) is 16.0. The molecule has 0 aromatic heterocycles. The Kier molecular flexibility index (Phi) is 3.37. The molecular formula is C21H24O2. The first-order chi connectivity index (χ1) is 11.1. The Hall–Kier alpha value is -1.96. The number of benzene rings is 2. The van der Waals surface area contributed by atoms with Gasteiger partial charge in [0.2, 0.25) is 0 Å². The van der Waals surface area contributed by atoms with Crippen molar-refractivity contribution in [1.29, 1.82) is 0 Å². The summed E-state index contributed by atoms with van der Waals surface area (Å²) in [5.41, 5.74) is 2.98. The van der Waals surface area contributed by atoms with Crippen LogP contribution in [0.1, 0.15) is 49.8 Å². The maximum absolute atomic E-state index is 6.46. The van der Waals surface area contributed by atoms with Gasteiger partial charge in [0.1, 0.15) is 17.6 Å². The van der Waals surface area contributed by atoms with Gasteiger partial charge in [-0.2, -0.15) is 0 Å². The summed E-state index contributed by atoms with van der Waals surface area (Å²) in [4.78, 5) is 0. The predicted octanol–water partition coefficient (Wildman–Crippen LogP) is 5.35. The molecule has 0 saturated heterocycles. The summed E-state index contributed by atoms with van der Waals surface area (Å²) in [5, 5.41) is 0. The van der Waals surface area contributed by atoms with Crippen molar-refractivity contribution < 1.29 is 9.47 Å². The Morgan fingerprint density at radius 2 is 1.78 bits per heavy atom. The zero-order valence-corrected chi connectivity index (χ0v) is 14.1. The van der Waals surface area contributed by atoms with E-state index in [0.717, 1.165) is 11.5 Å². The Labute approximate surface area is 138 Å². The third-order valence-electron chi connectivity index (χ3n) is 5.73. The minimum absolute atomic E-state index is 0.141. The van der Waals surface area contributed by atoms with E-state index in [1.165, 1.54) is 24.0 Å². The molecule has 0 radical (unpaired) electrons. The van der Waals surface area contributed by atoms with Crippen molar-refractivity contribution in [3.63, 3.8) is 0 Å². The van der Waals surface area contributed by atoms with Gasteiger partial charge in [-0.1, -0.05) is 44.2 Å². The van der Waals surface area contributed by atoms with Crippen LogP contribution < -0.4 is 9.47 Å². The maximum atomic E-state index is 6.46. The van der Waals surface area contributed by atoms with E-state index in [-0.39, 0.29) is 6.10 Å². The summed E-state index contributed by atoms with van der Waals surface area (Å²) in [7, 11) is 1.71. The number of ether oxygens (including phenoxy) is 2. The van der Waals surface area contributed by atoms with Crippen molar-refractivity contribution in [3.8, 4) is 11.5 Å². The molecular weight excluding hydrogens is 284 g/mol. The molecule has 120 valence electrons. The summed E-state index contributed by atoms with van der Waals surface area (Å²) in [6, 6.07) is 17.0. The molecule has 1 saturated carbocycles. The third kappa shape index (κ3) is 2.32.